The Morgan fingerprint density at radius 2 is 2.17 bits per heavy atom. The lowest BCUT2D eigenvalue weighted by atomic mass is 10.1. The molecule has 3 nitrogen and oxygen atoms in total. The van der Waals surface area contributed by atoms with E-state index in [1.165, 1.54) is 16.0 Å². The fraction of sp³-hybridized carbons (Fsp3) is 0.571. The topological polar surface area (TPSA) is 30.5 Å². The van der Waals surface area contributed by atoms with Gasteiger partial charge in [-0.15, -0.1) is 11.8 Å². The molecule has 1 saturated heterocycles. The van der Waals surface area contributed by atoms with Crippen molar-refractivity contribution in [1.82, 2.24) is 5.32 Å². The van der Waals surface area contributed by atoms with Gasteiger partial charge in [-0.05, 0) is 37.1 Å². The van der Waals surface area contributed by atoms with Gasteiger partial charge in [-0.3, -0.25) is 0 Å². The van der Waals surface area contributed by atoms with Crippen molar-refractivity contribution in [3.63, 3.8) is 0 Å². The summed E-state index contributed by atoms with van der Waals surface area (Å²) >= 11 is 1.83. The molecule has 0 amide bonds. The van der Waals surface area contributed by atoms with Crippen molar-refractivity contribution in [3.05, 3.63) is 23.3 Å². The Morgan fingerprint density at radius 3 is 2.83 bits per heavy atom. The van der Waals surface area contributed by atoms with Crippen LogP contribution in [0.5, 0.6) is 5.75 Å². The Bertz CT molecular complexity index is 403. The smallest absolute Gasteiger partial charge is 0.132 e. The van der Waals surface area contributed by atoms with E-state index >= 15 is 0 Å². The second-order valence-corrected chi connectivity index (χ2v) is 5.69. The van der Waals surface area contributed by atoms with Crippen molar-refractivity contribution >= 4 is 11.8 Å². The van der Waals surface area contributed by atoms with Gasteiger partial charge in [0.15, 0.2) is 0 Å². The van der Waals surface area contributed by atoms with Crippen LogP contribution in [0.2, 0.25) is 0 Å². The molecule has 0 radical (unpaired) electrons. The lowest BCUT2D eigenvalue weighted by Gasteiger charge is -2.23. The molecule has 1 fully saturated rings. The predicted octanol–water partition coefficient (Wildman–Crippen LogP) is 2.39. The average molecular weight is 267 g/mol. The molecule has 0 aromatic heterocycles. The van der Waals surface area contributed by atoms with Crippen LogP contribution in [-0.2, 0) is 4.74 Å². The highest BCUT2D eigenvalue weighted by Crippen LogP contribution is 2.32. The van der Waals surface area contributed by atoms with E-state index in [1.54, 1.807) is 7.11 Å². The van der Waals surface area contributed by atoms with Crippen molar-refractivity contribution in [2.24, 2.45) is 0 Å². The molecule has 1 N–H and O–H groups in total. The van der Waals surface area contributed by atoms with Crippen LogP contribution in [0.25, 0.3) is 0 Å². The molecule has 0 aliphatic carbocycles. The van der Waals surface area contributed by atoms with Gasteiger partial charge in [0, 0.05) is 23.2 Å². The van der Waals surface area contributed by atoms with E-state index in [-0.39, 0.29) is 0 Å². The van der Waals surface area contributed by atoms with Gasteiger partial charge in [-0.2, -0.15) is 0 Å². The first kappa shape index (κ1) is 13.7. The maximum atomic E-state index is 5.46. The molecule has 1 atom stereocenters. The Hall–Kier alpha value is -0.710. The number of morpholine rings is 1. The number of hydrogen-bond donors (Lipinski definition) is 1. The van der Waals surface area contributed by atoms with E-state index in [4.69, 9.17) is 9.47 Å². The van der Waals surface area contributed by atoms with Crippen molar-refractivity contribution in [1.29, 1.82) is 0 Å². The zero-order valence-electron chi connectivity index (χ0n) is 11.3. The van der Waals surface area contributed by atoms with Crippen molar-refractivity contribution in [2.45, 2.75) is 24.8 Å². The highest BCUT2D eigenvalue weighted by atomic mass is 32.2. The van der Waals surface area contributed by atoms with Crippen LogP contribution in [0.15, 0.2) is 17.0 Å². The fourth-order valence-electron chi connectivity index (χ4n) is 1.95. The highest BCUT2D eigenvalue weighted by Gasteiger charge is 2.14. The summed E-state index contributed by atoms with van der Waals surface area (Å²) in [5, 5.41) is 3.47. The normalized spacial score (nSPS) is 19.8. The maximum Gasteiger partial charge on any atom is 0.132 e. The van der Waals surface area contributed by atoms with Gasteiger partial charge in [0.1, 0.15) is 5.75 Å². The van der Waals surface area contributed by atoms with Gasteiger partial charge in [0.2, 0.25) is 0 Å². The van der Waals surface area contributed by atoms with Crippen LogP contribution in [0.1, 0.15) is 11.1 Å². The van der Waals surface area contributed by atoms with Crippen molar-refractivity contribution < 1.29 is 9.47 Å². The largest absolute Gasteiger partial charge is 0.496 e. The SMILES string of the molecule is COc1cc(C)c(C)cc1SCC1COCCN1. The van der Waals surface area contributed by atoms with Crippen LogP contribution in [0, 0.1) is 13.8 Å². The first-order chi connectivity index (χ1) is 8.70. The number of rotatable bonds is 4. The van der Waals surface area contributed by atoms with Crippen LogP contribution in [-0.4, -0.2) is 38.7 Å². The van der Waals surface area contributed by atoms with Crippen molar-refractivity contribution in [3.8, 4) is 5.75 Å². The quantitative estimate of drug-likeness (QED) is 0.849. The predicted molar refractivity (Wildman–Crippen MR) is 75.8 cm³/mol. The third kappa shape index (κ3) is 3.40. The summed E-state index contributed by atoms with van der Waals surface area (Å²) < 4.78 is 10.9. The van der Waals surface area contributed by atoms with E-state index < -0.39 is 0 Å². The first-order valence-electron chi connectivity index (χ1n) is 6.30. The molecule has 1 aromatic carbocycles. The van der Waals surface area contributed by atoms with Crippen LogP contribution < -0.4 is 10.1 Å². The van der Waals surface area contributed by atoms with E-state index in [9.17, 15) is 0 Å². The minimum absolute atomic E-state index is 0.440. The fourth-order valence-corrected chi connectivity index (χ4v) is 3.09. The molecule has 1 heterocycles. The summed E-state index contributed by atoms with van der Waals surface area (Å²) in [5.41, 5.74) is 2.58. The van der Waals surface area contributed by atoms with E-state index in [0.717, 1.165) is 31.3 Å². The van der Waals surface area contributed by atoms with Gasteiger partial charge in [-0.25, -0.2) is 0 Å². The maximum absolute atomic E-state index is 5.46. The lowest BCUT2D eigenvalue weighted by molar-refractivity contribution is 0.0837. The molecule has 1 unspecified atom stereocenters. The Morgan fingerprint density at radius 1 is 1.39 bits per heavy atom. The molecule has 100 valence electrons. The van der Waals surface area contributed by atoms with Crippen LogP contribution >= 0.6 is 11.8 Å². The molecule has 1 aromatic rings. The highest BCUT2D eigenvalue weighted by molar-refractivity contribution is 7.99. The molecule has 0 saturated carbocycles. The van der Waals surface area contributed by atoms with Gasteiger partial charge in [0.25, 0.3) is 0 Å². The summed E-state index contributed by atoms with van der Waals surface area (Å²) in [6, 6.07) is 4.76. The van der Waals surface area contributed by atoms with Gasteiger partial charge in [0.05, 0.1) is 20.3 Å². The summed E-state index contributed by atoms with van der Waals surface area (Å²) in [6.45, 7) is 6.84. The number of methoxy groups -OCH3 is 1. The number of ether oxygens (including phenoxy) is 2. The van der Waals surface area contributed by atoms with E-state index in [2.05, 4.69) is 31.3 Å². The summed E-state index contributed by atoms with van der Waals surface area (Å²) in [4.78, 5) is 1.22. The van der Waals surface area contributed by atoms with Gasteiger partial charge < -0.3 is 14.8 Å². The monoisotopic (exact) mass is 267 g/mol. The van der Waals surface area contributed by atoms with Crippen LogP contribution in [0.4, 0.5) is 0 Å². The molecular weight excluding hydrogens is 246 g/mol. The minimum Gasteiger partial charge on any atom is -0.496 e. The number of aryl methyl sites for hydroxylation is 2. The standard InChI is InChI=1S/C14H21NO2S/c1-10-6-13(16-3)14(7-11(10)2)18-9-12-8-17-5-4-15-12/h6-7,12,15H,4-5,8-9H2,1-3H3. The zero-order valence-corrected chi connectivity index (χ0v) is 12.1. The molecular formula is C14H21NO2S. The Labute approximate surface area is 113 Å². The van der Waals surface area contributed by atoms with Gasteiger partial charge in [-0.1, -0.05) is 0 Å². The summed E-state index contributed by atoms with van der Waals surface area (Å²) in [6.07, 6.45) is 0. The van der Waals surface area contributed by atoms with E-state index in [1.807, 2.05) is 11.8 Å². The Kier molecular flexibility index (Phi) is 4.92. The second kappa shape index (κ2) is 6.45. The molecule has 0 spiro atoms. The van der Waals surface area contributed by atoms with Crippen LogP contribution in [0.3, 0.4) is 0 Å². The number of benzene rings is 1. The Balaban J connectivity index is 2.01. The zero-order chi connectivity index (χ0) is 13.0. The average Bonchev–Trinajstić information content (AvgIpc) is 2.41. The number of hydrogen-bond acceptors (Lipinski definition) is 4. The molecule has 2 rings (SSSR count). The third-order valence-electron chi connectivity index (χ3n) is 3.22. The lowest BCUT2D eigenvalue weighted by Crippen LogP contribution is -2.42. The summed E-state index contributed by atoms with van der Waals surface area (Å²) in [5.74, 6) is 1.98. The molecule has 4 heteroatoms. The molecule has 1 aliphatic heterocycles. The molecule has 1 aliphatic rings. The minimum atomic E-state index is 0.440. The van der Waals surface area contributed by atoms with Crippen molar-refractivity contribution in [2.75, 3.05) is 32.6 Å². The van der Waals surface area contributed by atoms with Gasteiger partial charge >= 0.3 is 0 Å². The third-order valence-corrected chi connectivity index (χ3v) is 4.42. The van der Waals surface area contributed by atoms with E-state index in [0.29, 0.717) is 6.04 Å². The first-order valence-corrected chi connectivity index (χ1v) is 7.28. The number of thioether (sulfide) groups is 1. The second-order valence-electron chi connectivity index (χ2n) is 4.62. The molecule has 0 bridgehead atoms. The molecule has 18 heavy (non-hydrogen) atoms. The number of nitrogens with one attached hydrogen (secondary N) is 1. The summed E-state index contributed by atoms with van der Waals surface area (Å²) in [7, 11) is 1.73.